The van der Waals surface area contributed by atoms with E-state index in [0.29, 0.717) is 11.3 Å². The Morgan fingerprint density at radius 3 is 2.79 bits per heavy atom. The standard InChI is InChI=1S/C19H19NO3S/c1-12(19(22)23)14-6-4-7-15(11-14)20-18(21)17-16-8-3-2-5-13(16)9-10-24-17/h2-8,11-12,17H,9-10H2,1H3,(H,20,21)(H,22,23). The van der Waals surface area contributed by atoms with Crippen LogP contribution >= 0.6 is 11.8 Å². The van der Waals surface area contributed by atoms with Crippen molar-refractivity contribution in [3.8, 4) is 0 Å². The van der Waals surface area contributed by atoms with Gasteiger partial charge in [-0.05, 0) is 47.9 Å². The molecule has 1 aliphatic heterocycles. The summed E-state index contributed by atoms with van der Waals surface area (Å²) in [5.41, 5.74) is 3.61. The van der Waals surface area contributed by atoms with Crippen LogP contribution in [0.3, 0.4) is 0 Å². The first-order chi connectivity index (χ1) is 11.6. The maximum Gasteiger partial charge on any atom is 0.310 e. The number of amides is 1. The number of anilines is 1. The molecule has 0 saturated carbocycles. The smallest absolute Gasteiger partial charge is 0.310 e. The molecular formula is C19H19NO3S. The van der Waals surface area contributed by atoms with Crippen LogP contribution in [-0.4, -0.2) is 22.7 Å². The number of aliphatic carboxylic acids is 1. The monoisotopic (exact) mass is 341 g/mol. The van der Waals surface area contributed by atoms with Crippen LogP contribution in [0.2, 0.25) is 0 Å². The Hall–Kier alpha value is -2.27. The lowest BCUT2D eigenvalue weighted by Crippen LogP contribution is -2.23. The number of nitrogens with one attached hydrogen (secondary N) is 1. The molecule has 0 saturated heterocycles. The van der Waals surface area contributed by atoms with Gasteiger partial charge in [-0.2, -0.15) is 0 Å². The number of carboxylic acids is 1. The first-order valence-corrected chi connectivity index (χ1v) is 8.94. The van der Waals surface area contributed by atoms with Gasteiger partial charge in [-0.15, -0.1) is 11.8 Å². The van der Waals surface area contributed by atoms with Gasteiger partial charge < -0.3 is 10.4 Å². The summed E-state index contributed by atoms with van der Waals surface area (Å²) < 4.78 is 0. The molecule has 0 aromatic heterocycles. The van der Waals surface area contributed by atoms with Gasteiger partial charge in [-0.3, -0.25) is 9.59 Å². The van der Waals surface area contributed by atoms with Crippen molar-refractivity contribution in [1.82, 2.24) is 0 Å². The summed E-state index contributed by atoms with van der Waals surface area (Å²) >= 11 is 1.64. The van der Waals surface area contributed by atoms with E-state index in [1.54, 1.807) is 43.0 Å². The number of carbonyl (C=O) groups excluding carboxylic acids is 1. The molecule has 1 aliphatic rings. The van der Waals surface area contributed by atoms with Gasteiger partial charge >= 0.3 is 5.97 Å². The molecule has 3 rings (SSSR count). The van der Waals surface area contributed by atoms with Gasteiger partial charge in [-0.25, -0.2) is 0 Å². The van der Waals surface area contributed by atoms with Gasteiger partial charge in [0.05, 0.1) is 5.92 Å². The van der Waals surface area contributed by atoms with Crippen molar-refractivity contribution in [2.45, 2.75) is 24.5 Å². The Morgan fingerprint density at radius 2 is 2.00 bits per heavy atom. The first-order valence-electron chi connectivity index (χ1n) is 7.89. The molecule has 24 heavy (non-hydrogen) atoms. The quantitative estimate of drug-likeness (QED) is 0.886. The SMILES string of the molecule is CC(C(=O)O)c1cccc(NC(=O)C2SCCc3ccccc32)c1. The van der Waals surface area contributed by atoms with E-state index >= 15 is 0 Å². The molecule has 1 heterocycles. The minimum Gasteiger partial charge on any atom is -0.481 e. The van der Waals surface area contributed by atoms with E-state index in [9.17, 15) is 9.59 Å². The molecule has 1 amide bonds. The highest BCUT2D eigenvalue weighted by Gasteiger charge is 2.27. The van der Waals surface area contributed by atoms with Crippen LogP contribution in [0.5, 0.6) is 0 Å². The molecule has 0 fully saturated rings. The van der Waals surface area contributed by atoms with Crippen molar-refractivity contribution in [3.05, 3.63) is 65.2 Å². The number of carbonyl (C=O) groups is 2. The zero-order valence-corrected chi connectivity index (χ0v) is 14.2. The number of fused-ring (bicyclic) bond motifs is 1. The molecule has 0 radical (unpaired) electrons. The van der Waals surface area contributed by atoms with Gasteiger partial charge in [0.1, 0.15) is 5.25 Å². The van der Waals surface area contributed by atoms with E-state index in [1.165, 1.54) is 5.56 Å². The summed E-state index contributed by atoms with van der Waals surface area (Å²) in [6.07, 6.45) is 0.982. The number of carboxylic acid groups (broad SMARTS) is 1. The molecule has 124 valence electrons. The van der Waals surface area contributed by atoms with Crippen LogP contribution in [0, 0.1) is 0 Å². The number of aryl methyl sites for hydroxylation is 1. The molecule has 0 bridgehead atoms. The summed E-state index contributed by atoms with van der Waals surface area (Å²) in [5.74, 6) is -0.625. The maximum atomic E-state index is 12.7. The fraction of sp³-hybridized carbons (Fsp3) is 0.263. The van der Waals surface area contributed by atoms with Crippen molar-refractivity contribution >= 4 is 29.3 Å². The second kappa shape index (κ2) is 7.09. The summed E-state index contributed by atoms with van der Waals surface area (Å²) in [4.78, 5) is 23.8. The number of rotatable bonds is 4. The van der Waals surface area contributed by atoms with Crippen molar-refractivity contribution < 1.29 is 14.7 Å². The molecule has 5 heteroatoms. The van der Waals surface area contributed by atoms with Crippen LogP contribution in [0.15, 0.2) is 48.5 Å². The van der Waals surface area contributed by atoms with E-state index in [0.717, 1.165) is 17.7 Å². The molecule has 2 N–H and O–H groups in total. The molecule has 2 atom stereocenters. The largest absolute Gasteiger partial charge is 0.481 e. The van der Waals surface area contributed by atoms with E-state index in [2.05, 4.69) is 11.4 Å². The minimum absolute atomic E-state index is 0.0627. The first kappa shape index (κ1) is 16.6. The molecule has 4 nitrogen and oxygen atoms in total. The van der Waals surface area contributed by atoms with Gasteiger partial charge in [0.2, 0.25) is 5.91 Å². The maximum absolute atomic E-state index is 12.7. The summed E-state index contributed by atoms with van der Waals surface area (Å²) in [6, 6.07) is 15.1. The Labute approximate surface area is 145 Å². The van der Waals surface area contributed by atoms with Gasteiger partial charge in [0, 0.05) is 5.69 Å². The van der Waals surface area contributed by atoms with Gasteiger partial charge in [0.15, 0.2) is 0 Å². The number of hydrogen-bond donors (Lipinski definition) is 2. The zero-order chi connectivity index (χ0) is 17.1. The van der Waals surface area contributed by atoms with E-state index in [-0.39, 0.29) is 11.2 Å². The fourth-order valence-corrected chi connectivity index (χ4v) is 4.04. The lowest BCUT2D eigenvalue weighted by Gasteiger charge is -2.24. The van der Waals surface area contributed by atoms with Crippen LogP contribution in [0.25, 0.3) is 0 Å². The third-order valence-corrected chi connectivity index (χ3v) is 5.50. The third-order valence-electron chi connectivity index (χ3n) is 4.26. The second-order valence-corrected chi connectivity index (χ2v) is 7.09. The molecular weight excluding hydrogens is 322 g/mol. The van der Waals surface area contributed by atoms with Crippen molar-refractivity contribution in [1.29, 1.82) is 0 Å². The molecule has 2 aromatic carbocycles. The molecule has 2 aromatic rings. The summed E-state index contributed by atoms with van der Waals surface area (Å²) in [6.45, 7) is 1.64. The number of thioether (sulfide) groups is 1. The summed E-state index contributed by atoms with van der Waals surface area (Å²) in [5, 5.41) is 11.8. The van der Waals surface area contributed by atoms with Crippen molar-refractivity contribution in [2.75, 3.05) is 11.1 Å². The van der Waals surface area contributed by atoms with E-state index < -0.39 is 11.9 Å². The molecule has 0 spiro atoms. The zero-order valence-electron chi connectivity index (χ0n) is 13.4. The van der Waals surface area contributed by atoms with Crippen molar-refractivity contribution in [2.24, 2.45) is 0 Å². The van der Waals surface area contributed by atoms with Gasteiger partial charge in [-0.1, -0.05) is 36.4 Å². The van der Waals surface area contributed by atoms with Crippen LogP contribution in [0.4, 0.5) is 5.69 Å². The lowest BCUT2D eigenvalue weighted by atomic mass is 10.00. The Morgan fingerprint density at radius 1 is 1.21 bits per heavy atom. The van der Waals surface area contributed by atoms with Crippen LogP contribution in [0.1, 0.15) is 34.8 Å². The molecule has 2 unspecified atom stereocenters. The predicted molar refractivity (Wildman–Crippen MR) is 96.5 cm³/mol. The number of benzene rings is 2. The average Bonchev–Trinajstić information content (AvgIpc) is 2.60. The second-order valence-electron chi connectivity index (χ2n) is 5.87. The molecule has 0 aliphatic carbocycles. The Kier molecular flexibility index (Phi) is 4.90. The topological polar surface area (TPSA) is 66.4 Å². The highest BCUT2D eigenvalue weighted by Crippen LogP contribution is 2.37. The average molecular weight is 341 g/mol. The Bertz CT molecular complexity index is 775. The van der Waals surface area contributed by atoms with Crippen LogP contribution < -0.4 is 5.32 Å². The lowest BCUT2D eigenvalue weighted by molar-refractivity contribution is -0.138. The van der Waals surface area contributed by atoms with Crippen molar-refractivity contribution in [3.63, 3.8) is 0 Å². The summed E-state index contributed by atoms with van der Waals surface area (Å²) in [7, 11) is 0. The highest BCUT2D eigenvalue weighted by atomic mass is 32.2. The predicted octanol–water partition coefficient (Wildman–Crippen LogP) is 3.84. The number of hydrogen-bond acceptors (Lipinski definition) is 3. The van der Waals surface area contributed by atoms with Gasteiger partial charge in [0.25, 0.3) is 0 Å². The van der Waals surface area contributed by atoms with E-state index in [1.807, 2.05) is 18.2 Å². The fourth-order valence-electron chi connectivity index (χ4n) is 2.85. The third kappa shape index (κ3) is 3.46. The van der Waals surface area contributed by atoms with Crippen LogP contribution in [-0.2, 0) is 16.0 Å². The normalized spacial score (nSPS) is 17.6. The van der Waals surface area contributed by atoms with E-state index in [4.69, 9.17) is 5.11 Å². The highest BCUT2D eigenvalue weighted by molar-refractivity contribution is 8.00. The minimum atomic E-state index is -0.879. The Balaban J connectivity index is 1.79.